The summed E-state index contributed by atoms with van der Waals surface area (Å²) in [6, 6.07) is 18.9. The maximum absolute atomic E-state index is 12.7. The number of esters is 1. The van der Waals surface area contributed by atoms with Gasteiger partial charge in [0.15, 0.2) is 0 Å². The molecule has 6 nitrogen and oxygen atoms in total. The molecular formula is C28H24Cl2N2O4. The third kappa shape index (κ3) is 5.43. The number of nitriles is 1. The van der Waals surface area contributed by atoms with E-state index in [-0.39, 0.29) is 17.2 Å². The molecule has 0 aliphatic carbocycles. The van der Waals surface area contributed by atoms with Crippen LogP contribution in [-0.2, 0) is 0 Å². The number of rotatable bonds is 8. The first-order valence-electron chi connectivity index (χ1n) is 11.5. The maximum atomic E-state index is 12.7. The fourth-order valence-corrected chi connectivity index (χ4v) is 4.59. The van der Waals surface area contributed by atoms with Crippen LogP contribution in [0.1, 0.15) is 53.6 Å². The summed E-state index contributed by atoms with van der Waals surface area (Å²) in [4.78, 5) is 12.7. The van der Waals surface area contributed by atoms with Crippen LogP contribution in [0.2, 0.25) is 10.0 Å². The third-order valence-corrected chi connectivity index (χ3v) is 6.46. The molecule has 0 radical (unpaired) electrons. The van der Waals surface area contributed by atoms with Gasteiger partial charge in [-0.3, -0.25) is 0 Å². The second-order valence-electron chi connectivity index (χ2n) is 8.23. The highest BCUT2D eigenvalue weighted by atomic mass is 35.5. The van der Waals surface area contributed by atoms with Gasteiger partial charge in [-0.15, -0.1) is 0 Å². The molecule has 3 aromatic carbocycles. The average molecular weight is 523 g/mol. The zero-order valence-corrected chi connectivity index (χ0v) is 21.1. The molecule has 1 aliphatic rings. The van der Waals surface area contributed by atoms with Gasteiger partial charge in [0, 0.05) is 27.2 Å². The topological polar surface area (TPSA) is 94.6 Å². The van der Waals surface area contributed by atoms with Crippen LogP contribution in [0.4, 0.5) is 0 Å². The zero-order chi connectivity index (χ0) is 25.7. The van der Waals surface area contributed by atoms with Gasteiger partial charge >= 0.3 is 5.97 Å². The molecule has 1 atom stereocenters. The van der Waals surface area contributed by atoms with Gasteiger partial charge in [-0.05, 0) is 48.9 Å². The van der Waals surface area contributed by atoms with E-state index in [2.05, 4.69) is 13.0 Å². The Morgan fingerprint density at radius 2 is 1.75 bits per heavy atom. The summed E-state index contributed by atoms with van der Waals surface area (Å²) in [5.41, 5.74) is 7.81. The monoisotopic (exact) mass is 522 g/mol. The Labute approximate surface area is 219 Å². The number of ether oxygens (including phenoxy) is 3. The number of halogens is 2. The third-order valence-electron chi connectivity index (χ3n) is 5.80. The van der Waals surface area contributed by atoms with Gasteiger partial charge in [-0.1, -0.05) is 55.1 Å². The standard InChI is InChI=1S/C28H24Cl2N2O4/c1-2-3-4-14-34-18-10-8-17(9-11-18)28(33)35-19-12-13-20-24(15-19)36-27(32)21(16-31)25(20)26-22(29)6-5-7-23(26)30/h5-13,15,25H,2-4,14,32H2,1H3. The summed E-state index contributed by atoms with van der Waals surface area (Å²) in [5, 5.41) is 10.6. The van der Waals surface area contributed by atoms with E-state index < -0.39 is 11.9 Å². The van der Waals surface area contributed by atoms with Crippen LogP contribution in [0.25, 0.3) is 0 Å². The minimum absolute atomic E-state index is 0.0658. The highest BCUT2D eigenvalue weighted by Gasteiger charge is 2.33. The molecular weight excluding hydrogens is 499 g/mol. The van der Waals surface area contributed by atoms with Gasteiger partial charge < -0.3 is 19.9 Å². The van der Waals surface area contributed by atoms with Gasteiger partial charge in [0.05, 0.1) is 18.1 Å². The molecule has 0 spiro atoms. The van der Waals surface area contributed by atoms with Gasteiger partial charge in [0.25, 0.3) is 0 Å². The molecule has 0 aromatic heterocycles. The van der Waals surface area contributed by atoms with Crippen LogP contribution in [0.3, 0.4) is 0 Å². The van der Waals surface area contributed by atoms with Gasteiger partial charge in [-0.25, -0.2) is 4.79 Å². The van der Waals surface area contributed by atoms with E-state index in [1.54, 1.807) is 60.7 Å². The normalized spacial score (nSPS) is 14.4. The first kappa shape index (κ1) is 25.4. The average Bonchev–Trinajstić information content (AvgIpc) is 2.86. The van der Waals surface area contributed by atoms with E-state index in [0.29, 0.717) is 44.8 Å². The second-order valence-corrected chi connectivity index (χ2v) is 9.04. The van der Waals surface area contributed by atoms with Crippen molar-refractivity contribution in [1.82, 2.24) is 0 Å². The summed E-state index contributed by atoms with van der Waals surface area (Å²) < 4.78 is 17.0. The van der Waals surface area contributed by atoms with Crippen LogP contribution in [0, 0.1) is 11.3 Å². The number of nitrogens with zero attached hydrogens (tertiary/aromatic N) is 1. The van der Waals surface area contributed by atoms with Gasteiger partial charge in [0.1, 0.15) is 28.9 Å². The van der Waals surface area contributed by atoms with E-state index in [1.165, 1.54) is 0 Å². The Kier molecular flexibility index (Phi) is 8.04. The fourth-order valence-electron chi connectivity index (χ4n) is 3.98. The van der Waals surface area contributed by atoms with Crippen molar-refractivity contribution in [3.8, 4) is 23.3 Å². The molecule has 3 aromatic rings. The summed E-state index contributed by atoms with van der Waals surface area (Å²) in [7, 11) is 0. The lowest BCUT2D eigenvalue weighted by molar-refractivity contribution is 0.0734. The molecule has 184 valence electrons. The van der Waals surface area contributed by atoms with Crippen molar-refractivity contribution < 1.29 is 19.0 Å². The number of fused-ring (bicyclic) bond motifs is 1. The number of hydrogen-bond donors (Lipinski definition) is 1. The Morgan fingerprint density at radius 1 is 1.06 bits per heavy atom. The van der Waals surface area contributed by atoms with Crippen molar-refractivity contribution in [2.24, 2.45) is 5.73 Å². The van der Waals surface area contributed by atoms with Gasteiger partial charge in [-0.2, -0.15) is 5.26 Å². The zero-order valence-electron chi connectivity index (χ0n) is 19.6. The number of benzene rings is 3. The van der Waals surface area contributed by atoms with Crippen LogP contribution in [0.15, 0.2) is 72.1 Å². The SMILES string of the molecule is CCCCCOc1ccc(C(=O)Oc2ccc3c(c2)OC(N)=C(C#N)C3c2c(Cl)cccc2Cl)cc1. The lowest BCUT2D eigenvalue weighted by Crippen LogP contribution is -2.21. The van der Waals surface area contributed by atoms with Crippen molar-refractivity contribution in [3.05, 3.63) is 98.9 Å². The number of carbonyl (C=O) groups is 1. The number of unbranched alkanes of at least 4 members (excludes halogenated alkanes) is 2. The molecule has 1 heterocycles. The minimum atomic E-state index is -0.630. The van der Waals surface area contributed by atoms with Crippen molar-refractivity contribution in [3.63, 3.8) is 0 Å². The summed E-state index contributed by atoms with van der Waals surface area (Å²) in [6.45, 7) is 2.77. The molecule has 0 saturated carbocycles. The van der Waals surface area contributed by atoms with Crippen LogP contribution in [0.5, 0.6) is 17.2 Å². The Hall–Kier alpha value is -3.66. The molecule has 0 bridgehead atoms. The quantitative estimate of drug-likeness (QED) is 0.194. The highest BCUT2D eigenvalue weighted by Crippen LogP contribution is 2.47. The van der Waals surface area contributed by atoms with Crippen molar-refractivity contribution in [2.75, 3.05) is 6.61 Å². The number of hydrogen-bond acceptors (Lipinski definition) is 6. The maximum Gasteiger partial charge on any atom is 0.343 e. The molecule has 2 N–H and O–H groups in total. The lowest BCUT2D eigenvalue weighted by atomic mass is 9.83. The fraction of sp³-hybridized carbons (Fsp3) is 0.214. The van der Waals surface area contributed by atoms with Crippen LogP contribution in [-0.4, -0.2) is 12.6 Å². The predicted octanol–water partition coefficient (Wildman–Crippen LogP) is 7.00. The molecule has 0 amide bonds. The number of carbonyl (C=O) groups excluding carboxylic acids is 1. The smallest absolute Gasteiger partial charge is 0.343 e. The van der Waals surface area contributed by atoms with E-state index in [1.807, 2.05) is 0 Å². The summed E-state index contributed by atoms with van der Waals surface area (Å²) >= 11 is 12.9. The predicted molar refractivity (Wildman–Crippen MR) is 139 cm³/mol. The number of nitrogens with two attached hydrogens (primary N) is 1. The van der Waals surface area contributed by atoms with E-state index >= 15 is 0 Å². The molecule has 36 heavy (non-hydrogen) atoms. The van der Waals surface area contributed by atoms with Crippen molar-refractivity contribution in [1.29, 1.82) is 5.26 Å². The van der Waals surface area contributed by atoms with Crippen LogP contribution < -0.4 is 19.9 Å². The molecule has 1 aliphatic heterocycles. The lowest BCUT2D eigenvalue weighted by Gasteiger charge is -2.27. The minimum Gasteiger partial charge on any atom is -0.494 e. The Balaban J connectivity index is 1.55. The van der Waals surface area contributed by atoms with Crippen LogP contribution >= 0.6 is 23.2 Å². The highest BCUT2D eigenvalue weighted by molar-refractivity contribution is 6.36. The largest absolute Gasteiger partial charge is 0.494 e. The van der Waals surface area contributed by atoms with E-state index in [9.17, 15) is 10.1 Å². The van der Waals surface area contributed by atoms with E-state index in [4.69, 9.17) is 43.1 Å². The number of allylic oxidation sites excluding steroid dienone is 1. The first-order valence-corrected chi connectivity index (χ1v) is 12.3. The van der Waals surface area contributed by atoms with E-state index in [0.717, 1.165) is 19.3 Å². The first-order chi connectivity index (χ1) is 17.4. The molecule has 4 rings (SSSR count). The Bertz CT molecular complexity index is 1330. The summed E-state index contributed by atoms with van der Waals surface area (Å²) in [6.07, 6.45) is 3.22. The summed E-state index contributed by atoms with van der Waals surface area (Å²) in [5.74, 6) is 0.0721. The second kappa shape index (κ2) is 11.4. The molecule has 8 heteroatoms. The molecule has 0 fully saturated rings. The molecule has 1 unspecified atom stereocenters. The van der Waals surface area contributed by atoms with Gasteiger partial charge in [0.2, 0.25) is 5.88 Å². The van der Waals surface area contributed by atoms with Crippen molar-refractivity contribution in [2.45, 2.75) is 32.1 Å². The molecule has 0 saturated heterocycles. The van der Waals surface area contributed by atoms with Crippen molar-refractivity contribution >= 4 is 29.2 Å². The Morgan fingerprint density at radius 3 is 2.42 bits per heavy atom.